The summed E-state index contributed by atoms with van der Waals surface area (Å²) in [4.78, 5) is 0. The average molecular weight is 247 g/mol. The van der Waals surface area contributed by atoms with E-state index in [1.165, 1.54) is 12.8 Å². The molecule has 0 aromatic heterocycles. The van der Waals surface area contributed by atoms with Gasteiger partial charge in [0.1, 0.15) is 0 Å². The summed E-state index contributed by atoms with van der Waals surface area (Å²) in [5.41, 5.74) is 1.01. The Hall–Kier alpha value is -0.0400. The van der Waals surface area contributed by atoms with Gasteiger partial charge in [-0.25, -0.2) is 0 Å². The van der Waals surface area contributed by atoms with Crippen LogP contribution in [0.15, 0.2) is 0 Å². The van der Waals surface area contributed by atoms with Gasteiger partial charge in [0.2, 0.25) is 0 Å². The van der Waals surface area contributed by atoms with Gasteiger partial charge in [-0.15, -0.1) is 0 Å². The van der Waals surface area contributed by atoms with Gasteiger partial charge in [0, 0.05) is 5.54 Å². The Labute approximate surface area is 112 Å². The maximum absolute atomic E-state index is 3.70. The van der Waals surface area contributed by atoms with E-state index in [1.54, 1.807) is 32.1 Å². The van der Waals surface area contributed by atoms with Crippen molar-refractivity contribution < 1.29 is 0 Å². The monoisotopic (exact) mass is 247 g/mol. The normalized spacial score (nSPS) is 48.5. The summed E-state index contributed by atoms with van der Waals surface area (Å²) in [5.74, 6) is 5.39. The topological polar surface area (TPSA) is 12.0 Å². The van der Waals surface area contributed by atoms with Gasteiger partial charge < -0.3 is 5.32 Å². The van der Waals surface area contributed by atoms with Crippen molar-refractivity contribution in [3.8, 4) is 0 Å². The summed E-state index contributed by atoms with van der Waals surface area (Å²) < 4.78 is 0. The van der Waals surface area contributed by atoms with Gasteiger partial charge in [-0.2, -0.15) is 0 Å². The van der Waals surface area contributed by atoms with Crippen LogP contribution in [0, 0.1) is 35.0 Å². The Balaban J connectivity index is 1.65. The average Bonchev–Trinajstić information content (AvgIpc) is 3.07. The minimum Gasteiger partial charge on any atom is -0.314 e. The van der Waals surface area contributed by atoms with Crippen LogP contribution >= 0.6 is 0 Å². The van der Waals surface area contributed by atoms with E-state index in [0.717, 1.165) is 29.6 Å². The van der Waals surface area contributed by atoms with Crippen molar-refractivity contribution in [3.05, 3.63) is 0 Å². The SMILES string of the molecule is CNC1(C(C)(C)C2C3CC4CC(C3)CC2C4)CC1. The Morgan fingerprint density at radius 3 is 1.78 bits per heavy atom. The lowest BCUT2D eigenvalue weighted by atomic mass is 9.46. The lowest BCUT2D eigenvalue weighted by Gasteiger charge is -2.60. The molecule has 1 heteroatoms. The third-order valence-corrected chi connectivity index (χ3v) is 7.52. The minimum atomic E-state index is 0.493. The molecule has 1 nitrogen and oxygen atoms in total. The summed E-state index contributed by atoms with van der Waals surface area (Å²) in [6.45, 7) is 5.17. The van der Waals surface area contributed by atoms with Crippen LogP contribution in [-0.2, 0) is 0 Å². The third-order valence-electron chi connectivity index (χ3n) is 7.52. The van der Waals surface area contributed by atoms with E-state index < -0.39 is 0 Å². The molecule has 0 saturated heterocycles. The van der Waals surface area contributed by atoms with Crippen LogP contribution < -0.4 is 5.32 Å². The lowest BCUT2D eigenvalue weighted by molar-refractivity contribution is -0.100. The van der Waals surface area contributed by atoms with E-state index in [1.807, 2.05) is 0 Å². The fraction of sp³-hybridized carbons (Fsp3) is 1.00. The van der Waals surface area contributed by atoms with Crippen molar-refractivity contribution in [1.82, 2.24) is 5.32 Å². The molecular weight excluding hydrogens is 218 g/mol. The Morgan fingerprint density at radius 1 is 0.889 bits per heavy atom. The smallest absolute Gasteiger partial charge is 0.0233 e. The van der Waals surface area contributed by atoms with Crippen LogP contribution in [0.4, 0.5) is 0 Å². The van der Waals surface area contributed by atoms with Crippen molar-refractivity contribution in [3.63, 3.8) is 0 Å². The molecule has 0 spiro atoms. The van der Waals surface area contributed by atoms with E-state index in [9.17, 15) is 0 Å². The van der Waals surface area contributed by atoms with Crippen molar-refractivity contribution in [2.45, 2.75) is 64.3 Å². The minimum absolute atomic E-state index is 0.493. The molecule has 0 atom stereocenters. The van der Waals surface area contributed by atoms with Crippen LogP contribution in [0.1, 0.15) is 58.8 Å². The zero-order chi connectivity index (χ0) is 12.5. The second-order valence-electron chi connectivity index (χ2n) is 8.51. The van der Waals surface area contributed by atoms with Crippen LogP contribution in [0.2, 0.25) is 0 Å². The van der Waals surface area contributed by atoms with E-state index in [4.69, 9.17) is 0 Å². The van der Waals surface area contributed by atoms with Gasteiger partial charge in [-0.05, 0) is 87.0 Å². The molecule has 0 aromatic carbocycles. The molecule has 5 rings (SSSR count). The molecule has 0 aromatic rings. The highest BCUT2D eigenvalue weighted by Crippen LogP contribution is 2.65. The van der Waals surface area contributed by atoms with E-state index in [0.29, 0.717) is 11.0 Å². The molecule has 0 aliphatic heterocycles. The molecule has 5 aliphatic carbocycles. The van der Waals surface area contributed by atoms with E-state index in [-0.39, 0.29) is 0 Å². The predicted octanol–water partition coefficient (Wildman–Crippen LogP) is 3.84. The molecule has 0 amide bonds. The lowest BCUT2D eigenvalue weighted by Crippen LogP contribution is -2.57. The van der Waals surface area contributed by atoms with Crippen molar-refractivity contribution in [2.75, 3.05) is 7.05 Å². The summed E-state index contributed by atoms with van der Waals surface area (Å²) in [7, 11) is 2.20. The molecular formula is C17H29N. The largest absolute Gasteiger partial charge is 0.314 e. The Morgan fingerprint density at radius 2 is 1.39 bits per heavy atom. The second kappa shape index (κ2) is 3.53. The van der Waals surface area contributed by atoms with Crippen molar-refractivity contribution in [1.29, 1.82) is 0 Å². The van der Waals surface area contributed by atoms with Gasteiger partial charge in [0.05, 0.1) is 0 Å². The summed E-state index contributed by atoms with van der Waals surface area (Å²) in [6.07, 6.45) is 10.7. The zero-order valence-electron chi connectivity index (χ0n) is 12.3. The highest BCUT2D eigenvalue weighted by atomic mass is 15.0. The molecule has 4 bridgehead atoms. The third kappa shape index (κ3) is 1.38. The highest BCUT2D eigenvalue weighted by Gasteiger charge is 2.62. The van der Waals surface area contributed by atoms with Crippen LogP contribution in [-0.4, -0.2) is 12.6 Å². The quantitative estimate of drug-likeness (QED) is 0.799. The first-order chi connectivity index (χ1) is 8.56. The molecule has 102 valence electrons. The predicted molar refractivity (Wildman–Crippen MR) is 75.3 cm³/mol. The molecule has 5 saturated carbocycles. The molecule has 5 fully saturated rings. The molecule has 0 radical (unpaired) electrons. The number of hydrogen-bond donors (Lipinski definition) is 1. The standard InChI is InChI=1S/C17H29N/c1-16(2,17(18-3)4-5-17)15-13-7-11-6-12(9-13)10-14(15)8-11/h11-15,18H,4-10H2,1-3H3. The van der Waals surface area contributed by atoms with Gasteiger partial charge in [0.15, 0.2) is 0 Å². The first kappa shape index (κ1) is 11.8. The molecule has 0 unspecified atom stereocenters. The maximum Gasteiger partial charge on any atom is 0.0233 e. The highest BCUT2D eigenvalue weighted by molar-refractivity contribution is 5.16. The number of hydrogen-bond acceptors (Lipinski definition) is 1. The molecule has 1 N–H and O–H groups in total. The Kier molecular flexibility index (Phi) is 2.31. The molecule has 0 heterocycles. The Bertz CT molecular complexity index is 325. The first-order valence-electron chi connectivity index (χ1n) is 8.24. The van der Waals surface area contributed by atoms with Crippen LogP contribution in [0.25, 0.3) is 0 Å². The van der Waals surface area contributed by atoms with Gasteiger partial charge >= 0.3 is 0 Å². The summed E-state index contributed by atoms with van der Waals surface area (Å²) in [6, 6.07) is 0. The van der Waals surface area contributed by atoms with Gasteiger partial charge in [-0.1, -0.05) is 13.8 Å². The van der Waals surface area contributed by atoms with Crippen molar-refractivity contribution in [2.24, 2.45) is 35.0 Å². The maximum atomic E-state index is 3.70. The number of rotatable bonds is 3. The first-order valence-corrected chi connectivity index (χ1v) is 8.24. The zero-order valence-corrected chi connectivity index (χ0v) is 12.3. The number of nitrogens with one attached hydrogen (secondary N) is 1. The van der Waals surface area contributed by atoms with Crippen LogP contribution in [0.3, 0.4) is 0 Å². The van der Waals surface area contributed by atoms with Crippen molar-refractivity contribution >= 4 is 0 Å². The van der Waals surface area contributed by atoms with E-state index >= 15 is 0 Å². The van der Waals surface area contributed by atoms with Gasteiger partial charge in [0.25, 0.3) is 0 Å². The van der Waals surface area contributed by atoms with Gasteiger partial charge in [-0.3, -0.25) is 0 Å². The fourth-order valence-corrected chi connectivity index (χ4v) is 6.76. The molecule has 18 heavy (non-hydrogen) atoms. The van der Waals surface area contributed by atoms with E-state index in [2.05, 4.69) is 26.2 Å². The fourth-order valence-electron chi connectivity index (χ4n) is 6.76. The second-order valence-corrected chi connectivity index (χ2v) is 8.51. The summed E-state index contributed by atoms with van der Waals surface area (Å²) in [5, 5.41) is 3.70. The van der Waals surface area contributed by atoms with Crippen LogP contribution in [0.5, 0.6) is 0 Å². The molecule has 5 aliphatic rings. The summed E-state index contributed by atoms with van der Waals surface area (Å²) >= 11 is 0.